The molecule has 0 aromatic heterocycles. The Labute approximate surface area is 247 Å². The molecule has 1 heterocycles. The summed E-state index contributed by atoms with van der Waals surface area (Å²) in [4.78, 5) is 11.8. The van der Waals surface area contributed by atoms with E-state index in [9.17, 15) is 4.79 Å². The van der Waals surface area contributed by atoms with Crippen LogP contribution in [0.5, 0.6) is 23.0 Å². The van der Waals surface area contributed by atoms with Crippen molar-refractivity contribution in [1.82, 2.24) is 5.32 Å². The van der Waals surface area contributed by atoms with Crippen molar-refractivity contribution in [1.29, 1.82) is 0 Å². The van der Waals surface area contributed by atoms with Gasteiger partial charge in [-0.1, -0.05) is 66.7 Å². The van der Waals surface area contributed by atoms with Gasteiger partial charge in [0.15, 0.2) is 23.0 Å². The van der Waals surface area contributed by atoms with Crippen molar-refractivity contribution in [2.75, 3.05) is 20.8 Å². The summed E-state index contributed by atoms with van der Waals surface area (Å²) < 4.78 is 29.4. The largest absolute Gasteiger partial charge is 0.493 e. The molecule has 0 fully saturated rings. The maximum Gasteiger partial charge on any atom is 0.302 e. The molecule has 7 nitrogen and oxygen atoms in total. The van der Waals surface area contributed by atoms with E-state index in [1.165, 1.54) is 12.5 Å². The molecule has 42 heavy (non-hydrogen) atoms. The molecule has 0 bridgehead atoms. The molecule has 0 spiro atoms. The van der Waals surface area contributed by atoms with Crippen LogP contribution in [0.25, 0.3) is 0 Å². The number of rotatable bonds is 12. The van der Waals surface area contributed by atoms with Gasteiger partial charge in [-0.15, -0.1) is 0 Å². The maximum atomic E-state index is 11.8. The van der Waals surface area contributed by atoms with E-state index >= 15 is 0 Å². The third-order valence-electron chi connectivity index (χ3n) is 7.43. The van der Waals surface area contributed by atoms with Crippen LogP contribution in [0.1, 0.15) is 46.3 Å². The summed E-state index contributed by atoms with van der Waals surface area (Å²) in [7, 11) is 3.28. The van der Waals surface area contributed by atoms with Crippen LogP contribution in [-0.4, -0.2) is 26.7 Å². The minimum Gasteiger partial charge on any atom is -0.493 e. The molecular weight excluding hydrogens is 530 g/mol. The first-order chi connectivity index (χ1) is 20.6. The van der Waals surface area contributed by atoms with Crippen molar-refractivity contribution in [3.63, 3.8) is 0 Å². The van der Waals surface area contributed by atoms with E-state index in [-0.39, 0.29) is 18.6 Å². The van der Waals surface area contributed by atoms with E-state index in [2.05, 4.69) is 17.4 Å². The first-order valence-corrected chi connectivity index (χ1v) is 14.2. The lowest BCUT2D eigenvalue weighted by Gasteiger charge is -2.29. The molecule has 5 rings (SSSR count). The summed E-state index contributed by atoms with van der Waals surface area (Å²) >= 11 is 0. The minimum absolute atomic E-state index is 0.00982. The van der Waals surface area contributed by atoms with Crippen molar-refractivity contribution in [3.05, 3.63) is 118 Å². The highest BCUT2D eigenvalue weighted by atomic mass is 16.5. The predicted molar refractivity (Wildman–Crippen MR) is 161 cm³/mol. The smallest absolute Gasteiger partial charge is 0.302 e. The number of ether oxygens (including phenoxy) is 5. The number of methoxy groups -OCH3 is 2. The van der Waals surface area contributed by atoms with Gasteiger partial charge in [-0.2, -0.15) is 0 Å². The van der Waals surface area contributed by atoms with Gasteiger partial charge in [-0.3, -0.25) is 4.79 Å². The number of benzene rings is 4. The molecule has 0 saturated heterocycles. The molecule has 1 aliphatic heterocycles. The van der Waals surface area contributed by atoms with Crippen molar-refractivity contribution in [3.8, 4) is 23.0 Å². The van der Waals surface area contributed by atoms with Crippen molar-refractivity contribution >= 4 is 5.97 Å². The number of hydrogen-bond acceptors (Lipinski definition) is 7. The van der Waals surface area contributed by atoms with E-state index in [1.54, 1.807) is 14.2 Å². The van der Waals surface area contributed by atoms with Gasteiger partial charge in [0.05, 0.1) is 14.2 Å². The summed E-state index contributed by atoms with van der Waals surface area (Å²) in [5.41, 5.74) is 6.32. The first kappa shape index (κ1) is 29.0. The van der Waals surface area contributed by atoms with E-state index in [1.807, 2.05) is 72.8 Å². The summed E-state index contributed by atoms with van der Waals surface area (Å²) in [5.74, 6) is 2.25. The Balaban J connectivity index is 1.43. The summed E-state index contributed by atoms with van der Waals surface area (Å²) in [6.45, 7) is 3.17. The molecule has 0 aliphatic carbocycles. The monoisotopic (exact) mass is 567 g/mol. The Hall–Kier alpha value is -4.49. The number of esters is 1. The molecular formula is C35H37NO6. The average Bonchev–Trinajstić information content (AvgIpc) is 3.02. The van der Waals surface area contributed by atoms with Crippen LogP contribution in [0, 0.1) is 0 Å². The molecule has 0 unspecified atom stereocenters. The van der Waals surface area contributed by atoms with Gasteiger partial charge in [-0.05, 0) is 65.4 Å². The highest BCUT2D eigenvalue weighted by molar-refractivity contribution is 5.66. The topological polar surface area (TPSA) is 75.2 Å². The van der Waals surface area contributed by atoms with E-state index in [0.29, 0.717) is 36.9 Å². The van der Waals surface area contributed by atoms with E-state index in [0.717, 1.165) is 46.5 Å². The fraction of sp³-hybridized carbons (Fsp3) is 0.286. The lowest BCUT2D eigenvalue weighted by atomic mass is 9.88. The fourth-order valence-corrected chi connectivity index (χ4v) is 5.30. The van der Waals surface area contributed by atoms with E-state index < -0.39 is 0 Å². The molecule has 1 N–H and O–H groups in total. The standard InChI is InChI=1S/C35H37NO6/c1-24(37)40-23-30-27(14-15-32(35(30)39-3)41-21-25-10-6-4-7-11-25)18-31-29-20-34(42-22-26-12-8-5-9-13-26)33(38-2)19-28(29)16-17-36-31/h4-15,19-20,31,36H,16-18,21-23H2,1-3H3/t31-/m0/s1. The zero-order chi connectivity index (χ0) is 29.3. The predicted octanol–water partition coefficient (Wildman–Crippen LogP) is 6.35. The maximum absolute atomic E-state index is 11.8. The summed E-state index contributed by atoms with van der Waals surface area (Å²) in [5, 5.41) is 3.68. The number of nitrogens with one attached hydrogen (secondary N) is 1. The number of hydrogen-bond donors (Lipinski definition) is 1. The summed E-state index contributed by atoms with van der Waals surface area (Å²) in [6.07, 6.45) is 1.54. The molecule has 218 valence electrons. The molecule has 0 saturated carbocycles. The van der Waals surface area contributed by atoms with Crippen LogP contribution in [0.3, 0.4) is 0 Å². The Morgan fingerprint density at radius 2 is 1.45 bits per heavy atom. The number of carbonyl (C=O) groups is 1. The second kappa shape index (κ2) is 13.9. The third kappa shape index (κ3) is 7.04. The Morgan fingerprint density at radius 3 is 2.07 bits per heavy atom. The highest BCUT2D eigenvalue weighted by Crippen LogP contribution is 2.40. The second-order valence-electron chi connectivity index (χ2n) is 10.2. The fourth-order valence-electron chi connectivity index (χ4n) is 5.30. The van der Waals surface area contributed by atoms with Gasteiger partial charge in [0.2, 0.25) is 0 Å². The van der Waals surface area contributed by atoms with Crippen LogP contribution in [-0.2, 0) is 42.2 Å². The van der Waals surface area contributed by atoms with Gasteiger partial charge in [0, 0.05) is 18.5 Å². The second-order valence-corrected chi connectivity index (χ2v) is 10.2. The quantitative estimate of drug-likeness (QED) is 0.200. The summed E-state index contributed by atoms with van der Waals surface area (Å²) in [6, 6.07) is 28.2. The first-order valence-electron chi connectivity index (χ1n) is 14.2. The van der Waals surface area contributed by atoms with Crippen molar-refractivity contribution in [2.45, 2.75) is 45.6 Å². The van der Waals surface area contributed by atoms with Crippen LogP contribution in [0.15, 0.2) is 84.9 Å². The number of carbonyl (C=O) groups excluding carboxylic acids is 1. The molecule has 0 amide bonds. The van der Waals surface area contributed by atoms with Crippen LogP contribution >= 0.6 is 0 Å². The average molecular weight is 568 g/mol. The van der Waals surface area contributed by atoms with Gasteiger partial charge >= 0.3 is 5.97 Å². The van der Waals surface area contributed by atoms with Gasteiger partial charge in [-0.25, -0.2) is 0 Å². The lowest BCUT2D eigenvalue weighted by molar-refractivity contribution is -0.142. The molecule has 0 radical (unpaired) electrons. The highest BCUT2D eigenvalue weighted by Gasteiger charge is 2.26. The van der Waals surface area contributed by atoms with Crippen LogP contribution in [0.2, 0.25) is 0 Å². The Bertz CT molecular complexity index is 1490. The zero-order valence-electron chi connectivity index (χ0n) is 24.4. The van der Waals surface area contributed by atoms with E-state index in [4.69, 9.17) is 23.7 Å². The zero-order valence-corrected chi connectivity index (χ0v) is 24.4. The van der Waals surface area contributed by atoms with Crippen LogP contribution in [0.4, 0.5) is 0 Å². The van der Waals surface area contributed by atoms with Crippen molar-refractivity contribution in [2.24, 2.45) is 0 Å². The van der Waals surface area contributed by atoms with Gasteiger partial charge in [0.1, 0.15) is 19.8 Å². The van der Waals surface area contributed by atoms with Gasteiger partial charge in [0.25, 0.3) is 0 Å². The SMILES string of the molecule is COc1cc2c(cc1OCc1ccccc1)[C@H](Cc1ccc(OCc3ccccc3)c(OC)c1COC(C)=O)NCC2. The molecule has 4 aromatic rings. The van der Waals surface area contributed by atoms with Crippen molar-refractivity contribution < 1.29 is 28.5 Å². The lowest BCUT2D eigenvalue weighted by Crippen LogP contribution is -2.31. The molecule has 1 atom stereocenters. The van der Waals surface area contributed by atoms with Gasteiger partial charge < -0.3 is 29.0 Å². The molecule has 1 aliphatic rings. The molecule has 7 heteroatoms. The molecule has 4 aromatic carbocycles. The Morgan fingerprint density at radius 1 is 0.786 bits per heavy atom. The minimum atomic E-state index is -0.355. The normalized spacial score (nSPS) is 14.0. The Kier molecular flexibility index (Phi) is 9.62. The van der Waals surface area contributed by atoms with Crippen LogP contribution < -0.4 is 24.3 Å². The third-order valence-corrected chi connectivity index (χ3v) is 7.43. The number of fused-ring (bicyclic) bond motifs is 1.